The second-order valence-corrected chi connectivity index (χ2v) is 5.43. The molecule has 0 aliphatic carbocycles. The van der Waals surface area contributed by atoms with Gasteiger partial charge in [-0.3, -0.25) is 0 Å². The largest absolute Gasteiger partial charge is 0.361 e. The Morgan fingerprint density at radius 2 is 2.00 bits per heavy atom. The van der Waals surface area contributed by atoms with Gasteiger partial charge < -0.3 is 4.74 Å². The van der Waals surface area contributed by atoms with Gasteiger partial charge in [0.15, 0.2) is 0 Å². The number of rotatable bonds is 2. The van der Waals surface area contributed by atoms with Crippen LogP contribution < -0.4 is 0 Å². The summed E-state index contributed by atoms with van der Waals surface area (Å²) in [6.45, 7) is 2.40. The Balaban J connectivity index is 2.35. The van der Waals surface area contributed by atoms with E-state index in [4.69, 9.17) is 4.74 Å². The molecule has 1 fully saturated rings. The van der Waals surface area contributed by atoms with E-state index in [0.717, 1.165) is 12.1 Å². The maximum Gasteiger partial charge on any atom is 0.245 e. The van der Waals surface area contributed by atoms with Gasteiger partial charge >= 0.3 is 0 Å². The summed E-state index contributed by atoms with van der Waals surface area (Å²) in [5, 5.41) is 0. The molecule has 1 aliphatic heterocycles. The Kier molecular flexibility index (Phi) is 2.96. The Morgan fingerprint density at radius 1 is 1.38 bits per heavy atom. The fourth-order valence-electron chi connectivity index (χ4n) is 1.64. The molecule has 0 radical (unpaired) electrons. The molecule has 1 saturated heterocycles. The van der Waals surface area contributed by atoms with E-state index in [1.54, 1.807) is 6.92 Å². The van der Waals surface area contributed by atoms with Gasteiger partial charge in [-0.1, -0.05) is 0 Å². The topological polar surface area (TPSA) is 46.6 Å². The monoisotopic (exact) mass is 245 g/mol. The van der Waals surface area contributed by atoms with Crippen LogP contribution in [0.15, 0.2) is 29.2 Å². The lowest BCUT2D eigenvalue weighted by Gasteiger charge is -2.19. The fourth-order valence-corrected chi connectivity index (χ4v) is 3.15. The summed E-state index contributed by atoms with van der Waals surface area (Å²) in [6.07, 6.45) is -0.463. The summed E-state index contributed by atoms with van der Waals surface area (Å²) in [6, 6.07) is 4.79. The molecule has 6 heteroatoms. The van der Waals surface area contributed by atoms with Crippen molar-refractivity contribution in [1.29, 1.82) is 0 Å². The van der Waals surface area contributed by atoms with E-state index in [1.165, 1.54) is 16.4 Å². The van der Waals surface area contributed by atoms with Crippen molar-refractivity contribution in [3.8, 4) is 0 Å². The maximum absolute atomic E-state index is 12.7. The normalized spacial score (nSPS) is 22.5. The van der Waals surface area contributed by atoms with E-state index < -0.39 is 22.1 Å². The summed E-state index contributed by atoms with van der Waals surface area (Å²) in [4.78, 5) is 0.0891. The molecule has 0 spiro atoms. The number of hydrogen-bond donors (Lipinski definition) is 0. The molecule has 0 amide bonds. The quantitative estimate of drug-likeness (QED) is 0.786. The Morgan fingerprint density at radius 3 is 2.50 bits per heavy atom. The van der Waals surface area contributed by atoms with Crippen LogP contribution in [0.5, 0.6) is 0 Å². The van der Waals surface area contributed by atoms with Gasteiger partial charge in [-0.15, -0.1) is 0 Å². The van der Waals surface area contributed by atoms with Crippen molar-refractivity contribution in [3.63, 3.8) is 0 Å². The number of hydrogen-bond acceptors (Lipinski definition) is 3. The molecule has 1 atom stereocenters. The molecule has 1 heterocycles. The summed E-state index contributed by atoms with van der Waals surface area (Å²) in [7, 11) is -3.56. The third-order valence-electron chi connectivity index (χ3n) is 2.50. The predicted molar refractivity (Wildman–Crippen MR) is 55.7 cm³/mol. The summed E-state index contributed by atoms with van der Waals surface area (Å²) in [5.41, 5.74) is 0. The van der Waals surface area contributed by atoms with Gasteiger partial charge in [0.05, 0.1) is 11.5 Å². The highest BCUT2D eigenvalue weighted by Gasteiger charge is 2.33. The molecule has 2 rings (SSSR count). The molecule has 16 heavy (non-hydrogen) atoms. The van der Waals surface area contributed by atoms with Crippen molar-refractivity contribution in [1.82, 2.24) is 4.31 Å². The Labute approximate surface area is 93.7 Å². The lowest BCUT2D eigenvalue weighted by Crippen LogP contribution is -2.34. The number of sulfonamides is 1. The summed E-state index contributed by atoms with van der Waals surface area (Å²) < 4.78 is 43.3. The van der Waals surface area contributed by atoms with Gasteiger partial charge in [-0.25, -0.2) is 12.8 Å². The molecule has 1 aliphatic rings. The molecular formula is C10H12FNO3S. The van der Waals surface area contributed by atoms with Crippen molar-refractivity contribution < 1.29 is 17.5 Å². The van der Waals surface area contributed by atoms with Crippen LogP contribution in [0.2, 0.25) is 0 Å². The molecule has 1 aromatic rings. The maximum atomic E-state index is 12.7. The molecule has 0 bridgehead atoms. The van der Waals surface area contributed by atoms with Crippen molar-refractivity contribution in [2.24, 2.45) is 0 Å². The summed E-state index contributed by atoms with van der Waals surface area (Å²) >= 11 is 0. The minimum Gasteiger partial charge on any atom is -0.361 e. The zero-order valence-electron chi connectivity index (χ0n) is 8.76. The van der Waals surface area contributed by atoms with Crippen LogP contribution in [0.1, 0.15) is 6.92 Å². The first-order valence-electron chi connectivity index (χ1n) is 4.91. The van der Waals surface area contributed by atoms with E-state index in [-0.39, 0.29) is 4.90 Å². The van der Waals surface area contributed by atoms with Crippen LogP contribution in [0, 0.1) is 5.82 Å². The molecule has 0 N–H and O–H groups in total. The fraction of sp³-hybridized carbons (Fsp3) is 0.400. The average Bonchev–Trinajstić information content (AvgIpc) is 2.66. The van der Waals surface area contributed by atoms with Crippen LogP contribution in [0.3, 0.4) is 0 Å². The van der Waals surface area contributed by atoms with E-state index in [0.29, 0.717) is 13.2 Å². The van der Waals surface area contributed by atoms with E-state index in [2.05, 4.69) is 0 Å². The van der Waals surface area contributed by atoms with Crippen molar-refractivity contribution in [3.05, 3.63) is 30.1 Å². The molecule has 88 valence electrons. The standard InChI is InChI=1S/C10H12FNO3S/c1-8-12(6-7-15-8)16(13,14)10-4-2-9(11)3-5-10/h2-5,8H,6-7H2,1H3. The van der Waals surface area contributed by atoms with Crippen molar-refractivity contribution >= 4 is 10.0 Å². The first-order chi connectivity index (χ1) is 7.51. The SMILES string of the molecule is CC1OCCN1S(=O)(=O)c1ccc(F)cc1. The van der Waals surface area contributed by atoms with Gasteiger partial charge in [0.1, 0.15) is 12.0 Å². The zero-order valence-corrected chi connectivity index (χ0v) is 9.58. The lowest BCUT2D eigenvalue weighted by molar-refractivity contribution is 0.0846. The van der Waals surface area contributed by atoms with Crippen molar-refractivity contribution in [2.75, 3.05) is 13.2 Å². The highest BCUT2D eigenvalue weighted by atomic mass is 32.2. The molecular weight excluding hydrogens is 233 g/mol. The van der Waals surface area contributed by atoms with E-state index >= 15 is 0 Å². The van der Waals surface area contributed by atoms with Crippen molar-refractivity contribution in [2.45, 2.75) is 18.0 Å². The second kappa shape index (κ2) is 4.12. The molecule has 0 aromatic heterocycles. The van der Waals surface area contributed by atoms with E-state index in [1.807, 2.05) is 0 Å². The van der Waals surface area contributed by atoms with Crippen LogP contribution in [-0.2, 0) is 14.8 Å². The first kappa shape index (κ1) is 11.5. The van der Waals surface area contributed by atoms with E-state index in [9.17, 15) is 12.8 Å². The number of halogens is 1. The lowest BCUT2D eigenvalue weighted by atomic mass is 10.4. The molecule has 1 unspecified atom stereocenters. The van der Waals surface area contributed by atoms with Gasteiger partial charge in [0.25, 0.3) is 0 Å². The summed E-state index contributed by atoms with van der Waals surface area (Å²) in [5.74, 6) is -0.454. The highest BCUT2D eigenvalue weighted by molar-refractivity contribution is 7.89. The number of nitrogens with zero attached hydrogens (tertiary/aromatic N) is 1. The van der Waals surface area contributed by atoms with Crippen LogP contribution >= 0.6 is 0 Å². The predicted octanol–water partition coefficient (Wildman–Crippen LogP) is 1.19. The third kappa shape index (κ3) is 1.95. The van der Waals surface area contributed by atoms with Gasteiger partial charge in [0.2, 0.25) is 10.0 Å². The minimum atomic E-state index is -3.56. The number of benzene rings is 1. The highest BCUT2D eigenvalue weighted by Crippen LogP contribution is 2.21. The molecule has 1 aromatic carbocycles. The third-order valence-corrected chi connectivity index (χ3v) is 4.46. The van der Waals surface area contributed by atoms with Crippen LogP contribution in [0.25, 0.3) is 0 Å². The number of ether oxygens (including phenoxy) is 1. The van der Waals surface area contributed by atoms with Gasteiger partial charge in [0, 0.05) is 6.54 Å². The van der Waals surface area contributed by atoms with Crippen LogP contribution in [0.4, 0.5) is 4.39 Å². The smallest absolute Gasteiger partial charge is 0.245 e. The van der Waals surface area contributed by atoms with Gasteiger partial charge in [-0.2, -0.15) is 4.31 Å². The Bertz CT molecular complexity index is 471. The van der Waals surface area contributed by atoms with Gasteiger partial charge in [-0.05, 0) is 31.2 Å². The zero-order chi connectivity index (χ0) is 11.8. The van der Waals surface area contributed by atoms with Crippen LogP contribution in [-0.4, -0.2) is 32.1 Å². The minimum absolute atomic E-state index is 0.0891. The molecule has 4 nitrogen and oxygen atoms in total. The first-order valence-corrected chi connectivity index (χ1v) is 6.35. The Hall–Kier alpha value is -0.980. The average molecular weight is 245 g/mol. The second-order valence-electron chi connectivity index (χ2n) is 3.54. The molecule has 0 saturated carbocycles.